The number of anilines is 1. The van der Waals surface area contributed by atoms with Crippen molar-refractivity contribution in [2.24, 2.45) is 0 Å². The molecule has 98 valence electrons. The molecule has 1 aliphatic carbocycles. The predicted molar refractivity (Wildman–Crippen MR) is 76.7 cm³/mol. The highest BCUT2D eigenvalue weighted by Gasteiger charge is 2.28. The van der Waals surface area contributed by atoms with E-state index in [1.54, 1.807) is 0 Å². The molecule has 0 aliphatic heterocycles. The van der Waals surface area contributed by atoms with E-state index in [1.807, 2.05) is 24.3 Å². The second-order valence-electron chi connectivity index (χ2n) is 4.65. The van der Waals surface area contributed by atoms with Crippen LogP contribution in [0.2, 0.25) is 0 Å². The van der Waals surface area contributed by atoms with Crippen LogP contribution in [0.3, 0.4) is 0 Å². The largest absolute Gasteiger partial charge is 0.430 e. The maximum absolute atomic E-state index is 5.82. The molecule has 1 heterocycles. The Morgan fingerprint density at radius 2 is 2.32 bits per heavy atom. The molecule has 3 rings (SSSR count). The molecule has 5 heteroatoms. The number of aromatic nitrogens is 2. The van der Waals surface area contributed by atoms with E-state index >= 15 is 0 Å². The minimum atomic E-state index is 0.549. The Morgan fingerprint density at radius 3 is 3.05 bits per heavy atom. The molecule has 1 fully saturated rings. The lowest BCUT2D eigenvalue weighted by Crippen LogP contribution is -1.93. The molecule has 0 atom stereocenters. The molecule has 0 spiro atoms. The van der Waals surface area contributed by atoms with Gasteiger partial charge in [-0.25, -0.2) is 0 Å². The lowest BCUT2D eigenvalue weighted by molar-refractivity contribution is 0.472. The molecule has 19 heavy (non-hydrogen) atoms. The van der Waals surface area contributed by atoms with Crippen LogP contribution in [0.25, 0.3) is 0 Å². The van der Waals surface area contributed by atoms with Crippen molar-refractivity contribution in [1.82, 2.24) is 9.36 Å². The van der Waals surface area contributed by atoms with Crippen LogP contribution in [0.4, 0.5) is 5.69 Å². The molecular weight excluding hydrogens is 258 g/mol. The van der Waals surface area contributed by atoms with Gasteiger partial charge in [0.05, 0.1) is 0 Å². The predicted octanol–water partition coefficient (Wildman–Crippen LogP) is 3.52. The van der Waals surface area contributed by atoms with Gasteiger partial charge in [-0.1, -0.05) is 6.08 Å². The van der Waals surface area contributed by atoms with Crippen molar-refractivity contribution in [3.63, 3.8) is 0 Å². The van der Waals surface area contributed by atoms with Gasteiger partial charge in [-0.2, -0.15) is 9.36 Å². The summed E-state index contributed by atoms with van der Waals surface area (Å²) < 4.78 is 10.1. The summed E-state index contributed by atoms with van der Waals surface area (Å²) in [6.07, 6.45) is 4.94. The van der Waals surface area contributed by atoms with Crippen LogP contribution in [0, 0.1) is 0 Å². The Kier molecular flexibility index (Phi) is 3.21. The van der Waals surface area contributed by atoms with Gasteiger partial charge in [-0.3, -0.25) is 0 Å². The summed E-state index contributed by atoms with van der Waals surface area (Å²) in [6, 6.07) is 5.59. The highest BCUT2D eigenvalue weighted by Crippen LogP contribution is 2.40. The third-order valence-corrected chi connectivity index (χ3v) is 3.62. The first-order valence-electron chi connectivity index (χ1n) is 6.27. The number of rotatable bonds is 5. The van der Waals surface area contributed by atoms with E-state index in [4.69, 9.17) is 10.5 Å². The molecule has 4 nitrogen and oxygen atoms in total. The maximum Gasteiger partial charge on any atom is 0.298 e. The van der Waals surface area contributed by atoms with Crippen molar-refractivity contribution < 1.29 is 4.74 Å². The molecular formula is C14H15N3OS. The topological polar surface area (TPSA) is 61.0 Å². The van der Waals surface area contributed by atoms with Crippen LogP contribution >= 0.6 is 11.5 Å². The first-order valence-corrected chi connectivity index (χ1v) is 7.04. The fourth-order valence-corrected chi connectivity index (χ4v) is 2.50. The van der Waals surface area contributed by atoms with Crippen LogP contribution in [-0.2, 0) is 6.42 Å². The molecule has 0 saturated heterocycles. The van der Waals surface area contributed by atoms with Crippen molar-refractivity contribution in [3.8, 4) is 10.9 Å². The average molecular weight is 273 g/mol. The Labute approximate surface area is 116 Å². The molecule has 0 bridgehead atoms. The fourth-order valence-electron chi connectivity index (χ4n) is 1.88. The van der Waals surface area contributed by atoms with Crippen molar-refractivity contribution in [1.29, 1.82) is 0 Å². The van der Waals surface area contributed by atoms with E-state index in [0.717, 1.165) is 22.8 Å². The Hall–Kier alpha value is -1.88. The van der Waals surface area contributed by atoms with Crippen LogP contribution in [0.5, 0.6) is 10.9 Å². The minimum absolute atomic E-state index is 0.549. The maximum atomic E-state index is 5.82. The molecule has 0 unspecified atom stereocenters. The third kappa shape index (κ3) is 2.76. The number of nitrogens with zero attached hydrogens (tertiary/aromatic N) is 2. The van der Waals surface area contributed by atoms with Gasteiger partial charge in [-0.05, 0) is 37.5 Å². The summed E-state index contributed by atoms with van der Waals surface area (Å²) in [6.45, 7) is 3.75. The van der Waals surface area contributed by atoms with E-state index < -0.39 is 0 Å². The number of allylic oxidation sites excluding steroid dienone is 1. The zero-order valence-electron chi connectivity index (χ0n) is 10.5. The SMILES string of the molecule is C=CCc1cc(N)ccc1Oc1nc(C2CC2)ns1. The molecule has 1 aromatic heterocycles. The standard InChI is InChI=1S/C14H15N3OS/c1-2-3-10-8-11(15)6-7-12(10)18-14-16-13(17-19-14)9-4-5-9/h2,6-9H,1,3-5,15H2. The van der Waals surface area contributed by atoms with Gasteiger partial charge in [0.1, 0.15) is 11.6 Å². The number of ether oxygens (including phenoxy) is 1. The molecule has 1 aliphatic rings. The first kappa shape index (κ1) is 12.2. The average Bonchev–Trinajstić information content (AvgIpc) is 3.14. The molecule has 2 N–H and O–H groups in total. The summed E-state index contributed by atoms with van der Waals surface area (Å²) in [5.41, 5.74) is 7.52. The lowest BCUT2D eigenvalue weighted by Gasteiger charge is -2.08. The molecule has 1 saturated carbocycles. The monoisotopic (exact) mass is 273 g/mol. The Balaban J connectivity index is 1.82. The van der Waals surface area contributed by atoms with E-state index in [1.165, 1.54) is 24.4 Å². The minimum Gasteiger partial charge on any atom is -0.430 e. The van der Waals surface area contributed by atoms with Gasteiger partial charge < -0.3 is 10.5 Å². The van der Waals surface area contributed by atoms with Crippen LogP contribution in [-0.4, -0.2) is 9.36 Å². The molecule has 1 aromatic carbocycles. The van der Waals surface area contributed by atoms with Crippen molar-refractivity contribution in [2.75, 3.05) is 5.73 Å². The zero-order valence-corrected chi connectivity index (χ0v) is 11.3. The summed E-state index contributed by atoms with van der Waals surface area (Å²) in [7, 11) is 0. The molecule has 0 radical (unpaired) electrons. The van der Waals surface area contributed by atoms with E-state index in [-0.39, 0.29) is 0 Å². The quantitative estimate of drug-likeness (QED) is 0.669. The fraction of sp³-hybridized carbons (Fsp3) is 0.286. The van der Waals surface area contributed by atoms with Crippen LogP contribution < -0.4 is 10.5 Å². The summed E-state index contributed by atoms with van der Waals surface area (Å²) in [5, 5.41) is 0.594. The van der Waals surface area contributed by atoms with Gasteiger partial charge in [-0.15, -0.1) is 6.58 Å². The van der Waals surface area contributed by atoms with Crippen molar-refractivity contribution in [2.45, 2.75) is 25.2 Å². The first-order chi connectivity index (χ1) is 9.26. The van der Waals surface area contributed by atoms with Crippen LogP contribution in [0.15, 0.2) is 30.9 Å². The Morgan fingerprint density at radius 1 is 1.47 bits per heavy atom. The van der Waals surface area contributed by atoms with Crippen molar-refractivity contribution in [3.05, 3.63) is 42.2 Å². The van der Waals surface area contributed by atoms with Gasteiger partial charge >= 0.3 is 0 Å². The number of hydrogen-bond donors (Lipinski definition) is 1. The zero-order chi connectivity index (χ0) is 13.2. The van der Waals surface area contributed by atoms with Crippen LogP contribution in [0.1, 0.15) is 30.1 Å². The number of nitrogens with two attached hydrogens (primary N) is 1. The van der Waals surface area contributed by atoms with Gasteiger partial charge in [0.15, 0.2) is 0 Å². The molecule has 0 amide bonds. The number of benzene rings is 1. The second kappa shape index (κ2) is 5.01. The van der Waals surface area contributed by atoms with E-state index in [2.05, 4.69) is 15.9 Å². The highest BCUT2D eigenvalue weighted by atomic mass is 32.1. The summed E-state index contributed by atoms with van der Waals surface area (Å²) >= 11 is 1.30. The number of hydrogen-bond acceptors (Lipinski definition) is 5. The normalized spacial score (nSPS) is 14.3. The second-order valence-corrected chi connectivity index (χ2v) is 5.37. The molecule has 2 aromatic rings. The van der Waals surface area contributed by atoms with Gasteiger partial charge in [0, 0.05) is 28.7 Å². The van der Waals surface area contributed by atoms with Gasteiger partial charge in [0.2, 0.25) is 0 Å². The smallest absolute Gasteiger partial charge is 0.298 e. The lowest BCUT2D eigenvalue weighted by atomic mass is 10.1. The Bertz CT molecular complexity index is 604. The summed E-state index contributed by atoms with van der Waals surface area (Å²) in [4.78, 5) is 4.42. The summed E-state index contributed by atoms with van der Waals surface area (Å²) in [5.74, 6) is 2.24. The third-order valence-electron chi connectivity index (χ3n) is 3.01. The van der Waals surface area contributed by atoms with Gasteiger partial charge in [0.25, 0.3) is 5.19 Å². The highest BCUT2D eigenvalue weighted by molar-refractivity contribution is 7.07. The van der Waals surface area contributed by atoms with Crippen molar-refractivity contribution >= 4 is 17.2 Å². The van der Waals surface area contributed by atoms with E-state index in [0.29, 0.717) is 17.5 Å². The van der Waals surface area contributed by atoms with E-state index in [9.17, 15) is 0 Å². The number of nitrogen functional groups attached to an aromatic ring is 1.